The molecule has 3 N–H and O–H groups in total. The van der Waals surface area contributed by atoms with E-state index in [4.69, 9.17) is 10.5 Å². The van der Waals surface area contributed by atoms with Crippen molar-refractivity contribution in [2.45, 2.75) is 6.54 Å². The Kier molecular flexibility index (Phi) is 4.76. The molecule has 3 rings (SSSR count). The Morgan fingerprint density at radius 3 is 3.00 bits per heavy atom. The van der Waals surface area contributed by atoms with Crippen molar-refractivity contribution in [3.8, 4) is 11.1 Å². The summed E-state index contributed by atoms with van der Waals surface area (Å²) in [5.74, 6) is -0.510. The second kappa shape index (κ2) is 7.14. The zero-order valence-corrected chi connectivity index (χ0v) is 13.7. The Balaban J connectivity index is 2.02. The van der Waals surface area contributed by atoms with Crippen LogP contribution in [0.3, 0.4) is 0 Å². The summed E-state index contributed by atoms with van der Waals surface area (Å²) < 4.78 is 6.64. The van der Waals surface area contributed by atoms with E-state index >= 15 is 0 Å². The first-order valence-corrected chi connectivity index (χ1v) is 7.73. The third kappa shape index (κ3) is 3.67. The van der Waals surface area contributed by atoms with Gasteiger partial charge in [0.05, 0.1) is 6.61 Å². The van der Waals surface area contributed by atoms with Gasteiger partial charge in [0.15, 0.2) is 0 Å². The van der Waals surface area contributed by atoms with Gasteiger partial charge in [0.2, 0.25) is 5.91 Å². The van der Waals surface area contributed by atoms with Gasteiger partial charge in [-0.05, 0) is 23.8 Å². The quantitative estimate of drug-likeness (QED) is 0.665. The predicted octanol–water partition coefficient (Wildman–Crippen LogP) is 1.54. The second-order valence-electron chi connectivity index (χ2n) is 5.54. The molecule has 3 heterocycles. The highest BCUT2D eigenvalue weighted by atomic mass is 16.5. The van der Waals surface area contributed by atoms with E-state index < -0.39 is 5.91 Å². The van der Waals surface area contributed by atoms with Crippen LogP contribution in [0, 0.1) is 0 Å². The number of carbonyl (C=O) groups is 1. The normalized spacial score (nSPS) is 11.4. The fraction of sp³-hybridized carbons (Fsp3) is 0.167. The molecule has 0 aliphatic carbocycles. The number of fused-ring (bicyclic) bond motifs is 1. The zero-order chi connectivity index (χ0) is 17.8. The van der Waals surface area contributed by atoms with Gasteiger partial charge in [-0.1, -0.05) is 0 Å². The number of hydrogen-bond donors (Lipinski definition) is 2. The number of amides is 1. The lowest BCUT2D eigenvalue weighted by molar-refractivity contribution is -0.113. The number of hydrogen-bond acceptors (Lipinski definition) is 4. The van der Waals surface area contributed by atoms with Crippen LogP contribution in [0.4, 0.5) is 0 Å². The molecule has 0 aliphatic heterocycles. The molecule has 128 valence electrons. The number of aromatic nitrogens is 3. The second-order valence-corrected chi connectivity index (χ2v) is 5.54. The molecule has 0 fully saturated rings. The molecule has 0 spiro atoms. The van der Waals surface area contributed by atoms with Crippen molar-refractivity contribution in [3.05, 3.63) is 58.8 Å². The summed E-state index contributed by atoms with van der Waals surface area (Å²) in [7, 11) is 1.60. The summed E-state index contributed by atoms with van der Waals surface area (Å²) in [4.78, 5) is 30.3. The van der Waals surface area contributed by atoms with Crippen LogP contribution in [0.25, 0.3) is 28.2 Å². The smallest absolute Gasteiger partial charge is 0.250 e. The van der Waals surface area contributed by atoms with E-state index in [1.54, 1.807) is 42.4 Å². The van der Waals surface area contributed by atoms with Crippen molar-refractivity contribution in [1.82, 2.24) is 14.5 Å². The number of pyridine rings is 2. The summed E-state index contributed by atoms with van der Waals surface area (Å²) in [6.07, 6.45) is 8.24. The Labute approximate surface area is 143 Å². The number of carbonyl (C=O) groups excluding carboxylic acids is 1. The number of H-pyrrole nitrogens is 1. The van der Waals surface area contributed by atoms with E-state index in [1.807, 2.05) is 6.07 Å². The lowest BCUT2D eigenvalue weighted by Gasteiger charge is -2.08. The van der Waals surface area contributed by atoms with E-state index in [-0.39, 0.29) is 5.56 Å². The number of nitrogens with zero attached hydrogens (tertiary/aromatic N) is 2. The summed E-state index contributed by atoms with van der Waals surface area (Å²) in [5.41, 5.74) is 8.33. The molecule has 0 bridgehead atoms. The maximum Gasteiger partial charge on any atom is 0.250 e. The highest BCUT2D eigenvalue weighted by Gasteiger charge is 2.07. The first-order chi connectivity index (χ1) is 12.1. The molecule has 0 aromatic carbocycles. The Bertz CT molecular complexity index is 1000. The van der Waals surface area contributed by atoms with Crippen LogP contribution in [0.1, 0.15) is 5.56 Å². The molecule has 0 saturated carbocycles. The number of nitrogens with two attached hydrogens (primary N) is 1. The average Bonchev–Trinajstić information content (AvgIpc) is 3.01. The van der Waals surface area contributed by atoms with Crippen molar-refractivity contribution in [2.75, 3.05) is 13.7 Å². The van der Waals surface area contributed by atoms with Crippen molar-refractivity contribution >= 4 is 23.0 Å². The Morgan fingerprint density at radius 2 is 2.24 bits per heavy atom. The molecule has 0 aliphatic rings. The largest absolute Gasteiger partial charge is 0.383 e. The van der Waals surface area contributed by atoms with Crippen LogP contribution in [0.5, 0.6) is 0 Å². The molecule has 7 heteroatoms. The highest BCUT2D eigenvalue weighted by molar-refractivity contribution is 5.95. The molecule has 0 radical (unpaired) electrons. The minimum absolute atomic E-state index is 0.0819. The molecule has 3 aromatic heterocycles. The number of nitrogens with one attached hydrogen (secondary N) is 1. The number of primary amides is 1. The lowest BCUT2D eigenvalue weighted by atomic mass is 10.1. The van der Waals surface area contributed by atoms with Crippen LogP contribution in [0.15, 0.2) is 47.7 Å². The van der Waals surface area contributed by atoms with Crippen molar-refractivity contribution in [1.29, 1.82) is 0 Å². The maximum absolute atomic E-state index is 11.9. The van der Waals surface area contributed by atoms with Gasteiger partial charge in [0.25, 0.3) is 5.56 Å². The molecule has 25 heavy (non-hydrogen) atoms. The summed E-state index contributed by atoms with van der Waals surface area (Å²) in [6, 6.07) is 5.25. The molecular weight excluding hydrogens is 320 g/mol. The van der Waals surface area contributed by atoms with Crippen molar-refractivity contribution < 1.29 is 9.53 Å². The summed E-state index contributed by atoms with van der Waals surface area (Å²) >= 11 is 0. The fourth-order valence-electron chi connectivity index (χ4n) is 2.56. The Morgan fingerprint density at radius 1 is 1.40 bits per heavy atom. The molecule has 7 nitrogen and oxygen atoms in total. The van der Waals surface area contributed by atoms with E-state index in [2.05, 4.69) is 9.97 Å². The third-order valence-electron chi connectivity index (χ3n) is 3.84. The number of aromatic amines is 1. The minimum Gasteiger partial charge on any atom is -0.383 e. The van der Waals surface area contributed by atoms with Gasteiger partial charge in [-0.2, -0.15) is 0 Å². The molecule has 0 saturated heterocycles. The molecule has 0 atom stereocenters. The SMILES string of the molecule is COCCn1cc(-c2cnc3[nH]cc(/C=C/C(N)=O)c3c2)ccc1=O. The van der Waals surface area contributed by atoms with Crippen LogP contribution in [0.2, 0.25) is 0 Å². The minimum atomic E-state index is -0.510. The molecular formula is C18H18N4O3. The average molecular weight is 338 g/mol. The maximum atomic E-state index is 11.9. The van der Waals surface area contributed by atoms with Crippen molar-refractivity contribution in [3.63, 3.8) is 0 Å². The van der Waals surface area contributed by atoms with Gasteiger partial charge >= 0.3 is 0 Å². The van der Waals surface area contributed by atoms with Gasteiger partial charge < -0.3 is 20.0 Å². The Hall–Kier alpha value is -3.19. The van der Waals surface area contributed by atoms with E-state index in [0.717, 1.165) is 22.1 Å². The van der Waals surface area contributed by atoms with Gasteiger partial charge in [-0.3, -0.25) is 9.59 Å². The molecule has 1 amide bonds. The monoisotopic (exact) mass is 338 g/mol. The topological polar surface area (TPSA) is 103 Å². The molecule has 3 aromatic rings. The van der Waals surface area contributed by atoms with Crippen LogP contribution in [-0.2, 0) is 16.1 Å². The van der Waals surface area contributed by atoms with Gasteiger partial charge in [-0.25, -0.2) is 4.98 Å². The van der Waals surface area contributed by atoms with Crippen LogP contribution < -0.4 is 11.3 Å². The van der Waals surface area contributed by atoms with Crippen LogP contribution in [-0.4, -0.2) is 34.2 Å². The van der Waals surface area contributed by atoms with Gasteiger partial charge in [0.1, 0.15) is 5.65 Å². The summed E-state index contributed by atoms with van der Waals surface area (Å²) in [6.45, 7) is 0.941. The summed E-state index contributed by atoms with van der Waals surface area (Å²) in [5, 5.41) is 0.865. The number of ether oxygens (including phenoxy) is 1. The highest BCUT2D eigenvalue weighted by Crippen LogP contribution is 2.24. The van der Waals surface area contributed by atoms with E-state index in [1.165, 1.54) is 12.1 Å². The first kappa shape index (κ1) is 16.7. The van der Waals surface area contributed by atoms with E-state index in [0.29, 0.717) is 18.8 Å². The first-order valence-electron chi connectivity index (χ1n) is 7.73. The van der Waals surface area contributed by atoms with Gasteiger partial charge in [0, 0.05) is 60.9 Å². The van der Waals surface area contributed by atoms with Crippen LogP contribution >= 0.6 is 0 Å². The standard InChI is InChI=1S/C18H18N4O3/c1-25-7-6-22-11-13(3-5-17(22)24)14-8-15-12(2-4-16(19)23)9-20-18(15)21-10-14/h2-5,8-11H,6-7H2,1H3,(H2,19,23)(H,20,21)/b4-2+. The fourth-order valence-corrected chi connectivity index (χ4v) is 2.56. The number of methoxy groups -OCH3 is 1. The zero-order valence-electron chi connectivity index (χ0n) is 13.7. The molecule has 0 unspecified atom stereocenters. The number of rotatable bonds is 6. The van der Waals surface area contributed by atoms with E-state index in [9.17, 15) is 9.59 Å². The predicted molar refractivity (Wildman–Crippen MR) is 95.9 cm³/mol. The third-order valence-corrected chi connectivity index (χ3v) is 3.84. The van der Waals surface area contributed by atoms with Crippen molar-refractivity contribution in [2.24, 2.45) is 5.73 Å². The lowest BCUT2D eigenvalue weighted by Crippen LogP contribution is -2.20. The van der Waals surface area contributed by atoms with Gasteiger partial charge in [-0.15, -0.1) is 0 Å².